The molecular weight excluding hydrogens is 407 g/mol. The average Bonchev–Trinajstić information content (AvgIpc) is 3.53. The van der Waals surface area contributed by atoms with E-state index in [0.717, 1.165) is 22.4 Å². The summed E-state index contributed by atoms with van der Waals surface area (Å²) in [5.41, 5.74) is 4.70. The molecule has 2 aromatic heterocycles. The zero-order valence-corrected chi connectivity index (χ0v) is 17.4. The molecule has 1 atom stereocenters. The predicted octanol–water partition coefficient (Wildman–Crippen LogP) is 4.30. The Morgan fingerprint density at radius 3 is 2.91 bits per heavy atom. The van der Waals surface area contributed by atoms with Gasteiger partial charge in [0.2, 0.25) is 0 Å². The highest BCUT2D eigenvalue weighted by atomic mass is 19.1. The van der Waals surface area contributed by atoms with Crippen LogP contribution in [0.3, 0.4) is 0 Å². The maximum atomic E-state index is 15.5. The van der Waals surface area contributed by atoms with Crippen LogP contribution in [-0.2, 0) is 6.42 Å². The van der Waals surface area contributed by atoms with Crippen molar-refractivity contribution in [3.63, 3.8) is 0 Å². The van der Waals surface area contributed by atoms with Crippen molar-refractivity contribution in [2.45, 2.75) is 25.8 Å². The van der Waals surface area contributed by atoms with Gasteiger partial charge in [0.05, 0.1) is 18.2 Å². The maximum Gasteiger partial charge on any atom is 0.159 e. The molecule has 0 aliphatic carbocycles. The van der Waals surface area contributed by atoms with E-state index in [4.69, 9.17) is 5.26 Å². The van der Waals surface area contributed by atoms with Crippen LogP contribution < -0.4 is 5.32 Å². The summed E-state index contributed by atoms with van der Waals surface area (Å²) in [4.78, 5) is 7.78. The second kappa shape index (κ2) is 7.94. The van der Waals surface area contributed by atoms with E-state index in [1.54, 1.807) is 30.5 Å². The van der Waals surface area contributed by atoms with E-state index in [1.807, 2.05) is 19.1 Å². The number of H-pyrrole nitrogens is 2. The summed E-state index contributed by atoms with van der Waals surface area (Å²) in [6.07, 6.45) is 4.89. The molecule has 2 aromatic carbocycles. The van der Waals surface area contributed by atoms with Gasteiger partial charge in [-0.1, -0.05) is 25.1 Å². The predicted molar refractivity (Wildman–Crippen MR) is 120 cm³/mol. The zero-order chi connectivity index (χ0) is 22.2. The van der Waals surface area contributed by atoms with E-state index < -0.39 is 5.82 Å². The topological polar surface area (TPSA) is 113 Å². The first kappa shape index (κ1) is 20.0. The average molecular weight is 428 g/mol. The number of fused-ring (bicyclic) bond motifs is 1. The molecule has 0 radical (unpaired) electrons. The number of nitrogens with one attached hydrogen (secondary N) is 3. The highest BCUT2D eigenvalue weighted by Crippen LogP contribution is 2.35. The van der Waals surface area contributed by atoms with Gasteiger partial charge in [-0.15, -0.1) is 0 Å². The number of nitrogens with zero attached hydrogens (tertiary/aromatic N) is 3. The van der Waals surface area contributed by atoms with Gasteiger partial charge >= 0.3 is 0 Å². The van der Waals surface area contributed by atoms with Gasteiger partial charge in [-0.25, -0.2) is 9.37 Å². The third-order valence-corrected chi connectivity index (χ3v) is 5.84. The second-order valence-corrected chi connectivity index (χ2v) is 7.79. The molecule has 0 saturated heterocycles. The summed E-state index contributed by atoms with van der Waals surface area (Å²) in [7, 11) is 0. The Labute approximate surface area is 183 Å². The number of aryl methyl sites for hydroxylation is 1. The van der Waals surface area contributed by atoms with Gasteiger partial charge in [0.15, 0.2) is 11.6 Å². The fourth-order valence-electron chi connectivity index (χ4n) is 4.19. The Morgan fingerprint density at radius 2 is 2.09 bits per heavy atom. The molecule has 7 nitrogen and oxygen atoms in total. The van der Waals surface area contributed by atoms with Crippen LogP contribution in [0, 0.1) is 17.1 Å². The Balaban J connectivity index is 1.52. The highest BCUT2D eigenvalue weighted by Gasteiger charge is 2.21. The first-order valence-corrected chi connectivity index (χ1v) is 10.4. The van der Waals surface area contributed by atoms with Crippen LogP contribution in [0.1, 0.15) is 24.6 Å². The van der Waals surface area contributed by atoms with Gasteiger partial charge < -0.3 is 15.4 Å². The molecule has 0 spiro atoms. The number of aromatic hydroxyl groups is 1. The Bertz CT molecular complexity index is 1390. The number of hydrogen-bond donors (Lipinski definition) is 4. The zero-order valence-electron chi connectivity index (χ0n) is 17.4. The number of aromatic amines is 2. The summed E-state index contributed by atoms with van der Waals surface area (Å²) in [5.74, 6) is 0.313. The fourth-order valence-corrected chi connectivity index (χ4v) is 4.19. The minimum absolute atomic E-state index is 0.0294. The van der Waals surface area contributed by atoms with Crippen molar-refractivity contribution in [3.8, 4) is 34.5 Å². The van der Waals surface area contributed by atoms with Gasteiger partial charge in [0, 0.05) is 29.7 Å². The number of hydrogen-bond acceptors (Lipinski definition) is 5. The number of halogens is 1. The minimum Gasteiger partial charge on any atom is -0.508 e. The standard InChI is InChI=1S/C24H21FN6O/c1-2-13-10-16(32)3-4-17(13)18-5-6-19-22(21(18)25)30-31-23(19)24-28-12-20(29-24)14-9-15(7-8-26)27-11-14/h3-6,9-10,12,15,27,32H,2,7,11H2,1H3,(H,28,29)(H,30,31)/t15-/m0/s1. The van der Waals surface area contributed by atoms with Gasteiger partial charge in [-0.05, 0) is 41.3 Å². The number of nitriles is 1. The number of phenols is 1. The van der Waals surface area contributed by atoms with Crippen molar-refractivity contribution in [2.24, 2.45) is 0 Å². The van der Waals surface area contributed by atoms with Crippen LogP contribution >= 0.6 is 0 Å². The summed E-state index contributed by atoms with van der Waals surface area (Å²) < 4.78 is 15.5. The van der Waals surface area contributed by atoms with E-state index >= 15 is 4.39 Å². The molecule has 0 unspecified atom stereocenters. The van der Waals surface area contributed by atoms with Crippen molar-refractivity contribution in [1.82, 2.24) is 25.5 Å². The van der Waals surface area contributed by atoms with E-state index in [-0.39, 0.29) is 11.8 Å². The Kier molecular flexibility index (Phi) is 4.96. The molecule has 0 amide bonds. The smallest absolute Gasteiger partial charge is 0.159 e. The number of phenolic OH excluding ortho intramolecular Hbond substituents is 1. The SMILES string of the molecule is CCc1cc(O)ccc1-c1ccc2c(-c3nc(C4=C[C@H](CC#N)NC4)c[nH]3)n[nH]c2c1F. The minimum atomic E-state index is -0.393. The molecule has 5 rings (SSSR count). The molecule has 4 N–H and O–H groups in total. The molecule has 1 aliphatic heterocycles. The molecule has 0 fully saturated rings. The van der Waals surface area contributed by atoms with Crippen LogP contribution in [-0.4, -0.2) is 37.9 Å². The number of aromatic nitrogens is 4. The lowest BCUT2D eigenvalue weighted by atomic mass is 9.96. The largest absolute Gasteiger partial charge is 0.508 e. The lowest BCUT2D eigenvalue weighted by Crippen LogP contribution is -2.21. The molecular formula is C24H21FN6O. The van der Waals surface area contributed by atoms with Gasteiger partial charge in [0.25, 0.3) is 0 Å². The third-order valence-electron chi connectivity index (χ3n) is 5.84. The Hall–Kier alpha value is -3.96. The van der Waals surface area contributed by atoms with Crippen molar-refractivity contribution in [3.05, 3.63) is 59.7 Å². The van der Waals surface area contributed by atoms with Crippen molar-refractivity contribution in [2.75, 3.05) is 6.54 Å². The second-order valence-electron chi connectivity index (χ2n) is 7.79. The lowest BCUT2D eigenvalue weighted by Gasteiger charge is -2.10. The lowest BCUT2D eigenvalue weighted by molar-refractivity contribution is 0.474. The molecule has 0 saturated carbocycles. The van der Waals surface area contributed by atoms with Crippen LogP contribution in [0.25, 0.3) is 39.1 Å². The van der Waals surface area contributed by atoms with E-state index in [2.05, 4.69) is 31.6 Å². The maximum absolute atomic E-state index is 15.5. The fraction of sp³-hybridized carbons (Fsp3) is 0.208. The molecule has 0 bridgehead atoms. The summed E-state index contributed by atoms with van der Waals surface area (Å²) in [5, 5.41) is 29.7. The molecule has 8 heteroatoms. The van der Waals surface area contributed by atoms with Crippen LogP contribution in [0.4, 0.5) is 4.39 Å². The van der Waals surface area contributed by atoms with Gasteiger partial charge in [-0.3, -0.25) is 5.10 Å². The molecule has 32 heavy (non-hydrogen) atoms. The number of imidazole rings is 1. The summed E-state index contributed by atoms with van der Waals surface area (Å²) in [6.45, 7) is 2.61. The van der Waals surface area contributed by atoms with Gasteiger partial charge in [-0.2, -0.15) is 10.4 Å². The normalized spacial score (nSPS) is 15.8. The van der Waals surface area contributed by atoms with E-state index in [1.165, 1.54) is 0 Å². The quantitative estimate of drug-likeness (QED) is 0.379. The van der Waals surface area contributed by atoms with Crippen LogP contribution in [0.5, 0.6) is 5.75 Å². The van der Waals surface area contributed by atoms with Crippen molar-refractivity contribution < 1.29 is 9.50 Å². The first-order chi connectivity index (χ1) is 15.6. The van der Waals surface area contributed by atoms with Crippen molar-refractivity contribution >= 4 is 16.5 Å². The summed E-state index contributed by atoms with van der Waals surface area (Å²) >= 11 is 0. The van der Waals surface area contributed by atoms with Crippen LogP contribution in [0.2, 0.25) is 0 Å². The van der Waals surface area contributed by atoms with Crippen molar-refractivity contribution in [1.29, 1.82) is 5.26 Å². The van der Waals surface area contributed by atoms with Gasteiger partial charge in [0.1, 0.15) is 17.0 Å². The molecule has 1 aliphatic rings. The first-order valence-electron chi connectivity index (χ1n) is 10.4. The molecule has 3 heterocycles. The van der Waals surface area contributed by atoms with E-state index in [0.29, 0.717) is 47.4 Å². The Morgan fingerprint density at radius 1 is 1.25 bits per heavy atom. The number of benzene rings is 2. The monoisotopic (exact) mass is 428 g/mol. The number of rotatable bonds is 5. The van der Waals surface area contributed by atoms with Crippen LogP contribution in [0.15, 0.2) is 42.6 Å². The third kappa shape index (κ3) is 3.33. The highest BCUT2D eigenvalue weighted by molar-refractivity contribution is 5.95. The summed E-state index contributed by atoms with van der Waals surface area (Å²) in [6, 6.07) is 10.7. The van der Waals surface area contributed by atoms with E-state index in [9.17, 15) is 5.11 Å². The molecule has 160 valence electrons. The molecule has 4 aromatic rings.